The van der Waals surface area contributed by atoms with Crippen molar-refractivity contribution < 1.29 is 0 Å². The number of hydrogen-bond acceptors (Lipinski definition) is 0. The third-order valence-electron chi connectivity index (χ3n) is 1.78. The van der Waals surface area contributed by atoms with E-state index in [0.29, 0.717) is 0 Å². The Morgan fingerprint density at radius 3 is 1.08 bits per heavy atom. The minimum absolute atomic E-state index is 0.866. The Labute approximate surface area is 86.8 Å². The molecule has 0 amide bonds. The minimum Gasteiger partial charge on any atom is -0.106 e. The van der Waals surface area contributed by atoms with Crippen LogP contribution in [-0.4, -0.2) is 0 Å². The van der Waals surface area contributed by atoms with Crippen LogP contribution in [0.2, 0.25) is 0 Å². The van der Waals surface area contributed by atoms with E-state index in [1.165, 1.54) is 6.42 Å². The monoisotopic (exact) mass is 186 g/mol. The normalized spacial score (nSPS) is 9.15. The van der Waals surface area contributed by atoms with Crippen LogP contribution < -0.4 is 0 Å². The van der Waals surface area contributed by atoms with E-state index in [1.54, 1.807) is 0 Å². The quantitative estimate of drug-likeness (QED) is 0.512. The van der Waals surface area contributed by atoms with Crippen LogP contribution in [0.15, 0.2) is 26.3 Å². The lowest BCUT2D eigenvalue weighted by Gasteiger charge is -2.10. The first-order valence-corrected chi connectivity index (χ1v) is 5.18. The van der Waals surface area contributed by atoms with Gasteiger partial charge in [-0.15, -0.1) is 26.3 Å². The summed E-state index contributed by atoms with van der Waals surface area (Å²) in [5.41, 5.74) is 0. The van der Waals surface area contributed by atoms with E-state index in [0.717, 1.165) is 11.8 Å². The zero-order valence-electron chi connectivity index (χ0n) is 10.7. The summed E-state index contributed by atoms with van der Waals surface area (Å²) in [5, 5.41) is 0. The first kappa shape index (κ1) is 22.9. The van der Waals surface area contributed by atoms with Gasteiger partial charge in [-0.25, -0.2) is 0 Å². The van der Waals surface area contributed by atoms with E-state index in [9.17, 15) is 0 Å². The molecule has 1 unspecified atom stereocenters. The second-order valence-electron chi connectivity index (χ2n) is 2.63. The fraction of sp³-hybridized carbons (Fsp3) is 0.692. The highest BCUT2D eigenvalue weighted by Gasteiger charge is 2.01. The molecule has 0 heterocycles. The maximum Gasteiger partial charge on any atom is -0.0422 e. The molecule has 0 aromatic rings. The molecule has 0 fully saturated rings. The lowest BCUT2D eigenvalue weighted by atomic mass is 9.96. The van der Waals surface area contributed by atoms with Gasteiger partial charge in [0.15, 0.2) is 0 Å². The summed E-state index contributed by atoms with van der Waals surface area (Å²) in [5.74, 6) is 1.77. The average Bonchev–Trinajstić information content (AvgIpc) is 2.25. The van der Waals surface area contributed by atoms with E-state index >= 15 is 0 Å². The Kier molecular flexibility index (Phi) is 52.8. The average molecular weight is 186 g/mol. The summed E-state index contributed by atoms with van der Waals surface area (Å²) >= 11 is 0. The van der Waals surface area contributed by atoms with Crippen molar-refractivity contribution >= 4 is 0 Å². The van der Waals surface area contributed by atoms with Gasteiger partial charge in [-0.05, 0) is 11.8 Å². The van der Waals surface area contributed by atoms with Crippen LogP contribution in [0.5, 0.6) is 0 Å². The zero-order valence-corrected chi connectivity index (χ0v) is 10.7. The fourth-order valence-corrected chi connectivity index (χ4v) is 0.471. The fourth-order valence-electron chi connectivity index (χ4n) is 0.471. The second kappa shape index (κ2) is 30.0. The van der Waals surface area contributed by atoms with E-state index < -0.39 is 0 Å². The van der Waals surface area contributed by atoms with Crippen LogP contribution in [0.1, 0.15) is 48.0 Å². The van der Waals surface area contributed by atoms with Gasteiger partial charge in [-0.3, -0.25) is 0 Å². The molecule has 0 saturated carbocycles. The van der Waals surface area contributed by atoms with Crippen molar-refractivity contribution in [2.75, 3.05) is 0 Å². The molecule has 0 aromatic heterocycles. The summed E-state index contributed by atoms with van der Waals surface area (Å²) in [6.45, 7) is 25.1. The highest BCUT2D eigenvalue weighted by molar-refractivity contribution is 4.52. The van der Waals surface area contributed by atoms with Crippen LogP contribution in [0.25, 0.3) is 0 Å². The molecule has 0 nitrogen and oxygen atoms in total. The maximum absolute atomic E-state index is 3.00. The van der Waals surface area contributed by atoms with Crippen molar-refractivity contribution in [3.63, 3.8) is 0 Å². The van der Waals surface area contributed by atoms with Crippen LogP contribution in [0.4, 0.5) is 0 Å². The van der Waals surface area contributed by atoms with Crippen LogP contribution in [0.3, 0.4) is 0 Å². The molecular formula is C13H30. The molecule has 0 aliphatic rings. The van der Waals surface area contributed by atoms with Gasteiger partial charge in [0.2, 0.25) is 0 Å². The maximum atomic E-state index is 3.00. The SMILES string of the molecule is C=C.C=C.CC.CCC(C)C(C)C. The van der Waals surface area contributed by atoms with Crippen molar-refractivity contribution in [3.8, 4) is 0 Å². The van der Waals surface area contributed by atoms with Gasteiger partial charge in [0, 0.05) is 0 Å². The molecule has 0 aliphatic carbocycles. The van der Waals surface area contributed by atoms with Gasteiger partial charge in [0.1, 0.15) is 0 Å². The molecule has 0 heteroatoms. The largest absolute Gasteiger partial charge is 0.106 e. The summed E-state index contributed by atoms with van der Waals surface area (Å²) in [6.07, 6.45) is 1.32. The lowest BCUT2D eigenvalue weighted by Crippen LogP contribution is -2.00. The van der Waals surface area contributed by atoms with E-state index in [1.807, 2.05) is 13.8 Å². The van der Waals surface area contributed by atoms with Gasteiger partial charge < -0.3 is 0 Å². The molecule has 13 heavy (non-hydrogen) atoms. The predicted octanol–water partition coefficient (Wildman–Crippen LogP) is 5.32. The molecule has 0 radical (unpaired) electrons. The second-order valence-corrected chi connectivity index (χ2v) is 2.63. The Balaban J connectivity index is -0.0000000573. The highest BCUT2D eigenvalue weighted by Crippen LogP contribution is 2.11. The molecular weight excluding hydrogens is 156 g/mol. The van der Waals surface area contributed by atoms with Crippen molar-refractivity contribution in [1.82, 2.24) is 0 Å². The lowest BCUT2D eigenvalue weighted by molar-refractivity contribution is 0.407. The van der Waals surface area contributed by atoms with E-state index in [4.69, 9.17) is 0 Å². The molecule has 82 valence electrons. The summed E-state index contributed by atoms with van der Waals surface area (Å²) in [4.78, 5) is 0. The number of hydrogen-bond donors (Lipinski definition) is 0. The van der Waals surface area contributed by atoms with E-state index in [2.05, 4.69) is 54.0 Å². The molecule has 0 N–H and O–H groups in total. The smallest absolute Gasteiger partial charge is 0.0422 e. The Morgan fingerprint density at radius 2 is 1.08 bits per heavy atom. The standard InChI is InChI=1S/C7H16.C2H6.2C2H4/c1-5-7(4)6(2)3;3*1-2/h6-7H,5H2,1-4H3;1-2H3;2*1-2H2. The van der Waals surface area contributed by atoms with Crippen molar-refractivity contribution in [1.29, 1.82) is 0 Å². The number of rotatable bonds is 2. The van der Waals surface area contributed by atoms with Crippen molar-refractivity contribution in [2.24, 2.45) is 11.8 Å². The minimum atomic E-state index is 0.866. The Morgan fingerprint density at radius 1 is 0.846 bits per heavy atom. The molecule has 0 spiro atoms. The third kappa shape index (κ3) is 34.4. The molecule has 0 aromatic carbocycles. The van der Waals surface area contributed by atoms with Gasteiger partial charge in [-0.2, -0.15) is 0 Å². The predicted molar refractivity (Wildman–Crippen MR) is 68.1 cm³/mol. The van der Waals surface area contributed by atoms with Crippen LogP contribution >= 0.6 is 0 Å². The Hall–Kier alpha value is -0.520. The zero-order chi connectivity index (χ0) is 11.9. The van der Waals surface area contributed by atoms with Crippen LogP contribution in [-0.2, 0) is 0 Å². The first-order valence-electron chi connectivity index (χ1n) is 5.18. The van der Waals surface area contributed by atoms with Crippen molar-refractivity contribution in [2.45, 2.75) is 48.0 Å². The highest BCUT2D eigenvalue weighted by atomic mass is 14.1. The molecule has 1 atom stereocenters. The summed E-state index contributed by atoms with van der Waals surface area (Å²) in [6, 6.07) is 0. The molecule has 0 rings (SSSR count). The third-order valence-corrected chi connectivity index (χ3v) is 1.78. The van der Waals surface area contributed by atoms with Gasteiger partial charge >= 0.3 is 0 Å². The van der Waals surface area contributed by atoms with Crippen molar-refractivity contribution in [3.05, 3.63) is 26.3 Å². The van der Waals surface area contributed by atoms with E-state index in [-0.39, 0.29) is 0 Å². The first-order chi connectivity index (χ1) is 6.18. The van der Waals surface area contributed by atoms with Gasteiger partial charge in [-0.1, -0.05) is 48.0 Å². The topological polar surface area (TPSA) is 0 Å². The molecule has 0 aliphatic heterocycles. The van der Waals surface area contributed by atoms with Gasteiger partial charge in [0.25, 0.3) is 0 Å². The summed E-state index contributed by atoms with van der Waals surface area (Å²) < 4.78 is 0. The Bertz CT molecular complexity index is 53.1. The van der Waals surface area contributed by atoms with Crippen LogP contribution in [0, 0.1) is 11.8 Å². The molecule has 0 saturated heterocycles. The van der Waals surface area contributed by atoms with Gasteiger partial charge in [0.05, 0.1) is 0 Å². The molecule has 0 bridgehead atoms. The summed E-state index contributed by atoms with van der Waals surface area (Å²) in [7, 11) is 0.